The molecule has 0 N–H and O–H groups in total. The van der Waals surface area contributed by atoms with Crippen molar-refractivity contribution in [2.24, 2.45) is 0 Å². The van der Waals surface area contributed by atoms with Gasteiger partial charge in [-0.1, -0.05) is 0 Å². The maximum atomic E-state index is 11.7. The van der Waals surface area contributed by atoms with Gasteiger partial charge in [0.05, 0.1) is 12.8 Å². The van der Waals surface area contributed by atoms with E-state index in [4.69, 9.17) is 9.47 Å². The molecule has 24 heavy (non-hydrogen) atoms. The van der Waals surface area contributed by atoms with Crippen LogP contribution in [0, 0.1) is 0 Å². The number of hydrogen-bond donors (Lipinski definition) is 0. The summed E-state index contributed by atoms with van der Waals surface area (Å²) in [4.78, 5) is 23.5. The van der Waals surface area contributed by atoms with Crippen LogP contribution in [0.25, 0.3) is 0 Å². The van der Waals surface area contributed by atoms with E-state index in [1.54, 1.807) is 0 Å². The minimum atomic E-state index is -3.71. The molecule has 0 amide bonds. The average molecular weight is 386 g/mol. The molecule has 0 spiro atoms. The van der Waals surface area contributed by atoms with Crippen molar-refractivity contribution in [1.29, 1.82) is 0 Å². The van der Waals surface area contributed by atoms with Crippen LogP contribution in [0.1, 0.15) is 26.7 Å². The molecule has 0 aromatic rings. The molecule has 2 unspecified atom stereocenters. The van der Waals surface area contributed by atoms with Gasteiger partial charge < -0.3 is 9.47 Å². The highest BCUT2D eigenvalue weighted by Gasteiger charge is 2.44. The minimum absolute atomic E-state index is 0.279. The van der Waals surface area contributed by atoms with Gasteiger partial charge in [0, 0.05) is 0 Å². The van der Waals surface area contributed by atoms with Gasteiger partial charge in [0.2, 0.25) is 0 Å². The number of carbonyl (C=O) groups excluding carboxylic acids is 2. The predicted molar refractivity (Wildman–Crippen MR) is 77.7 cm³/mol. The Morgan fingerprint density at radius 2 is 1.17 bits per heavy atom. The van der Waals surface area contributed by atoms with E-state index in [-0.39, 0.29) is 26.1 Å². The van der Waals surface area contributed by atoms with Crippen LogP contribution in [0.5, 0.6) is 0 Å². The van der Waals surface area contributed by atoms with E-state index in [0.717, 1.165) is 0 Å². The van der Waals surface area contributed by atoms with Crippen LogP contribution in [-0.2, 0) is 47.7 Å². The molecule has 2 heterocycles. The summed E-state index contributed by atoms with van der Waals surface area (Å²) in [6.07, 6.45) is -0.670. The zero-order valence-corrected chi connectivity index (χ0v) is 14.8. The summed E-state index contributed by atoms with van der Waals surface area (Å²) in [5, 5.41) is 0. The molecule has 2 rings (SSSR count). The van der Waals surface area contributed by atoms with Crippen LogP contribution in [0.2, 0.25) is 0 Å². The van der Waals surface area contributed by atoms with Crippen LogP contribution in [0.3, 0.4) is 0 Å². The summed E-state index contributed by atoms with van der Waals surface area (Å²) >= 11 is 0. The molecule has 0 radical (unpaired) electrons. The van der Waals surface area contributed by atoms with Gasteiger partial charge in [-0.3, -0.25) is 18.0 Å². The van der Waals surface area contributed by atoms with E-state index < -0.39 is 54.9 Å². The first-order valence-electron chi connectivity index (χ1n) is 7.00. The van der Waals surface area contributed by atoms with Gasteiger partial charge in [0.15, 0.2) is 11.2 Å². The highest BCUT2D eigenvalue weighted by atomic mass is 32.2. The molecule has 0 aromatic heterocycles. The number of carbonyl (C=O) groups is 2. The lowest BCUT2D eigenvalue weighted by Gasteiger charge is -2.22. The summed E-state index contributed by atoms with van der Waals surface area (Å²) in [6, 6.07) is 0. The predicted octanol–water partition coefficient (Wildman–Crippen LogP) is -0.910. The van der Waals surface area contributed by atoms with Crippen LogP contribution in [0.4, 0.5) is 0 Å². The van der Waals surface area contributed by atoms with Crippen molar-refractivity contribution >= 4 is 32.2 Å². The third-order valence-electron chi connectivity index (χ3n) is 3.31. The van der Waals surface area contributed by atoms with E-state index in [2.05, 4.69) is 8.37 Å². The van der Waals surface area contributed by atoms with Gasteiger partial charge in [0.1, 0.15) is 24.7 Å². The molecular formula is C12H18O10S2. The van der Waals surface area contributed by atoms with Crippen molar-refractivity contribution in [3.05, 3.63) is 0 Å². The third-order valence-corrected chi connectivity index (χ3v) is 6.19. The van der Waals surface area contributed by atoms with Crippen LogP contribution in [0.15, 0.2) is 0 Å². The van der Waals surface area contributed by atoms with E-state index in [9.17, 15) is 26.4 Å². The Morgan fingerprint density at radius 3 is 1.42 bits per heavy atom. The maximum absolute atomic E-state index is 11.7. The lowest BCUT2D eigenvalue weighted by molar-refractivity contribution is -0.164. The molecule has 2 atom stereocenters. The first kappa shape index (κ1) is 19.1. The molecule has 0 bridgehead atoms. The summed E-state index contributed by atoms with van der Waals surface area (Å²) in [5.74, 6) is -2.47. The topological polar surface area (TPSA) is 139 Å². The number of esters is 2. The quantitative estimate of drug-likeness (QED) is 0.431. The molecule has 10 nitrogen and oxygen atoms in total. The Bertz CT molecular complexity index is 676. The molecular weight excluding hydrogens is 368 g/mol. The minimum Gasteiger partial charge on any atom is -0.456 e. The van der Waals surface area contributed by atoms with E-state index in [0.29, 0.717) is 0 Å². The number of hydrogen-bond acceptors (Lipinski definition) is 10. The van der Waals surface area contributed by atoms with Crippen molar-refractivity contribution in [1.82, 2.24) is 0 Å². The highest BCUT2D eigenvalue weighted by molar-refractivity contribution is 7.87. The molecule has 138 valence electrons. The standard InChI is InChI=1S/C12H18O10S2/c1-11(5-19-23(15,16)7-11)21-9(13)3-4-10(14)22-12(2)6-20-24(17,18)8-12/h3-8H2,1-2H3. The Morgan fingerprint density at radius 1 is 0.833 bits per heavy atom. The Kier molecular flexibility index (Phi) is 4.97. The monoisotopic (exact) mass is 386 g/mol. The number of ether oxygens (including phenoxy) is 2. The third kappa shape index (κ3) is 5.13. The van der Waals surface area contributed by atoms with E-state index in [1.165, 1.54) is 13.8 Å². The van der Waals surface area contributed by atoms with Gasteiger partial charge in [-0.05, 0) is 13.8 Å². The van der Waals surface area contributed by atoms with Gasteiger partial charge >= 0.3 is 11.9 Å². The van der Waals surface area contributed by atoms with Crippen molar-refractivity contribution in [3.63, 3.8) is 0 Å². The second-order valence-electron chi connectivity index (χ2n) is 6.28. The molecule has 2 aliphatic rings. The molecule has 2 fully saturated rings. The van der Waals surface area contributed by atoms with Crippen molar-refractivity contribution in [2.45, 2.75) is 37.9 Å². The first-order chi connectivity index (χ1) is 10.8. The van der Waals surface area contributed by atoms with Crippen LogP contribution >= 0.6 is 0 Å². The fourth-order valence-corrected chi connectivity index (χ4v) is 5.12. The molecule has 0 saturated carbocycles. The molecule has 0 aromatic carbocycles. The molecule has 0 aliphatic carbocycles. The maximum Gasteiger partial charge on any atom is 0.307 e. The lowest BCUT2D eigenvalue weighted by atomic mass is 10.1. The van der Waals surface area contributed by atoms with E-state index >= 15 is 0 Å². The molecule has 12 heteroatoms. The number of rotatable bonds is 5. The summed E-state index contributed by atoms with van der Waals surface area (Å²) < 4.78 is 64.1. The smallest absolute Gasteiger partial charge is 0.307 e. The Hall–Kier alpha value is -1.24. The fraction of sp³-hybridized carbons (Fsp3) is 0.833. The lowest BCUT2D eigenvalue weighted by Crippen LogP contribution is -2.37. The van der Waals surface area contributed by atoms with Crippen LogP contribution < -0.4 is 0 Å². The van der Waals surface area contributed by atoms with Gasteiger partial charge in [-0.25, -0.2) is 0 Å². The first-order valence-corrected chi connectivity index (χ1v) is 10.2. The van der Waals surface area contributed by atoms with Crippen molar-refractivity contribution in [2.75, 3.05) is 24.7 Å². The van der Waals surface area contributed by atoms with Crippen LogP contribution in [-0.4, -0.2) is 64.7 Å². The SMILES string of the molecule is CC1(OC(=O)CCC(=O)OC2(C)COS(=O)(=O)C2)COS(=O)(=O)C1. The fourth-order valence-electron chi connectivity index (χ4n) is 2.32. The highest BCUT2D eigenvalue weighted by Crippen LogP contribution is 2.25. The summed E-state index contributed by atoms with van der Waals surface area (Å²) in [6.45, 7) is 2.27. The normalized spacial score (nSPS) is 33.9. The van der Waals surface area contributed by atoms with E-state index in [1.807, 2.05) is 0 Å². The largest absolute Gasteiger partial charge is 0.456 e. The van der Waals surface area contributed by atoms with Gasteiger partial charge in [-0.15, -0.1) is 0 Å². The van der Waals surface area contributed by atoms with Gasteiger partial charge in [-0.2, -0.15) is 16.8 Å². The van der Waals surface area contributed by atoms with Gasteiger partial charge in [0.25, 0.3) is 20.2 Å². The van der Waals surface area contributed by atoms with Crippen molar-refractivity contribution in [3.8, 4) is 0 Å². The molecule has 2 aliphatic heterocycles. The second-order valence-corrected chi connectivity index (χ2v) is 9.56. The molecule has 2 saturated heterocycles. The summed E-state index contributed by atoms with van der Waals surface area (Å²) in [7, 11) is -7.41. The van der Waals surface area contributed by atoms with Crippen molar-refractivity contribution < 1.29 is 44.3 Å². The average Bonchev–Trinajstić information content (AvgIpc) is 2.82. The zero-order valence-electron chi connectivity index (χ0n) is 13.1. The summed E-state index contributed by atoms with van der Waals surface area (Å²) in [5.41, 5.74) is -2.58. The Balaban J connectivity index is 1.79. The Labute approximate surface area is 139 Å². The second kappa shape index (κ2) is 6.24. The zero-order chi connectivity index (χ0) is 18.2.